The average molecular weight is 385 g/mol. The van der Waals surface area contributed by atoms with Gasteiger partial charge in [-0.25, -0.2) is 4.98 Å². The first-order chi connectivity index (χ1) is 13.6. The molecule has 3 rings (SSSR count). The van der Waals surface area contributed by atoms with Crippen LogP contribution in [0, 0.1) is 12.8 Å². The molecule has 1 unspecified atom stereocenters. The van der Waals surface area contributed by atoms with Gasteiger partial charge in [0, 0.05) is 51.5 Å². The van der Waals surface area contributed by atoms with Crippen molar-refractivity contribution in [1.82, 2.24) is 24.5 Å². The fourth-order valence-electron chi connectivity index (χ4n) is 4.05. The molecule has 1 atom stereocenters. The summed E-state index contributed by atoms with van der Waals surface area (Å²) >= 11 is 0. The highest BCUT2D eigenvalue weighted by atomic mass is 15.3. The van der Waals surface area contributed by atoms with E-state index in [1.807, 2.05) is 0 Å². The quantitative estimate of drug-likeness (QED) is 0.562. The second-order valence-electron chi connectivity index (χ2n) is 7.73. The lowest BCUT2D eigenvalue weighted by atomic mass is 10.1. The first-order valence-corrected chi connectivity index (χ1v) is 10.8. The van der Waals surface area contributed by atoms with Crippen LogP contribution in [0.5, 0.6) is 0 Å². The molecule has 6 heteroatoms. The molecular weight excluding hydrogens is 348 g/mol. The number of aromatic nitrogens is 2. The van der Waals surface area contributed by atoms with Crippen molar-refractivity contribution in [1.29, 1.82) is 0 Å². The highest BCUT2D eigenvalue weighted by Gasteiger charge is 2.25. The molecule has 1 fully saturated rings. The Morgan fingerprint density at radius 3 is 2.86 bits per heavy atom. The summed E-state index contributed by atoms with van der Waals surface area (Å²) in [7, 11) is 0. The Morgan fingerprint density at radius 1 is 1.32 bits per heavy atom. The Hall–Kier alpha value is -2.08. The van der Waals surface area contributed by atoms with Gasteiger partial charge >= 0.3 is 0 Å². The maximum Gasteiger partial charge on any atom is 0.193 e. The Labute approximate surface area is 169 Å². The molecule has 0 bridgehead atoms. The second kappa shape index (κ2) is 9.92. The van der Waals surface area contributed by atoms with Gasteiger partial charge < -0.3 is 19.5 Å². The monoisotopic (exact) mass is 384 g/mol. The molecule has 1 aliphatic rings. The zero-order chi connectivity index (χ0) is 19.9. The van der Waals surface area contributed by atoms with E-state index in [4.69, 9.17) is 9.98 Å². The van der Waals surface area contributed by atoms with Gasteiger partial charge in [-0.2, -0.15) is 0 Å². The third kappa shape index (κ3) is 5.04. The average Bonchev–Trinajstić information content (AvgIpc) is 3.33. The molecule has 6 nitrogen and oxygen atoms in total. The van der Waals surface area contributed by atoms with Crippen LogP contribution in [0.4, 0.5) is 0 Å². The molecule has 0 saturated carbocycles. The second-order valence-corrected chi connectivity index (χ2v) is 7.73. The minimum absolute atomic E-state index is 0.741. The van der Waals surface area contributed by atoms with E-state index in [1.54, 1.807) is 0 Å². The zero-order valence-electron chi connectivity index (χ0n) is 18.0. The minimum Gasteiger partial charge on any atom is -0.357 e. The SMILES string of the molecule is CCNC(=NCCc1cn2cccc(C)c2n1)N1CCC(CN(CC)CC)C1. The molecule has 2 aromatic rings. The Kier molecular flexibility index (Phi) is 7.31. The molecule has 0 spiro atoms. The van der Waals surface area contributed by atoms with Crippen LogP contribution in [-0.2, 0) is 6.42 Å². The van der Waals surface area contributed by atoms with Crippen molar-refractivity contribution in [3.05, 3.63) is 35.8 Å². The van der Waals surface area contributed by atoms with Crippen LogP contribution in [0.15, 0.2) is 29.5 Å². The number of pyridine rings is 1. The van der Waals surface area contributed by atoms with E-state index in [0.29, 0.717) is 0 Å². The van der Waals surface area contributed by atoms with E-state index >= 15 is 0 Å². The molecule has 1 aliphatic heterocycles. The van der Waals surface area contributed by atoms with Gasteiger partial charge in [0.2, 0.25) is 0 Å². The Bertz CT molecular complexity index is 776. The predicted molar refractivity (Wildman–Crippen MR) is 117 cm³/mol. The molecule has 1 N–H and O–H groups in total. The first-order valence-electron chi connectivity index (χ1n) is 10.8. The normalized spacial score (nSPS) is 17.8. The number of hydrogen-bond acceptors (Lipinski definition) is 3. The summed E-state index contributed by atoms with van der Waals surface area (Å²) in [5, 5.41) is 3.49. The standard InChI is InChI=1S/C22H36N6/c1-5-23-22(28-14-11-19(16-28)15-26(6-2)7-3)24-12-10-20-17-27-13-8-9-18(4)21(27)25-20/h8-9,13,17,19H,5-7,10-12,14-16H2,1-4H3,(H,23,24). The summed E-state index contributed by atoms with van der Waals surface area (Å²) in [5.41, 5.74) is 3.36. The maximum absolute atomic E-state index is 4.91. The van der Waals surface area contributed by atoms with Crippen LogP contribution < -0.4 is 5.32 Å². The van der Waals surface area contributed by atoms with Gasteiger partial charge in [0.1, 0.15) is 5.65 Å². The largest absolute Gasteiger partial charge is 0.357 e. The van der Waals surface area contributed by atoms with E-state index in [-0.39, 0.29) is 0 Å². The van der Waals surface area contributed by atoms with Gasteiger partial charge in [-0.1, -0.05) is 19.9 Å². The number of rotatable bonds is 8. The summed E-state index contributed by atoms with van der Waals surface area (Å²) in [6.07, 6.45) is 6.31. The van der Waals surface area contributed by atoms with Crippen molar-refractivity contribution >= 4 is 11.6 Å². The van der Waals surface area contributed by atoms with Gasteiger partial charge in [-0.05, 0) is 50.9 Å². The number of guanidine groups is 1. The van der Waals surface area contributed by atoms with Gasteiger partial charge in [0.15, 0.2) is 5.96 Å². The highest BCUT2D eigenvalue weighted by molar-refractivity contribution is 5.80. The number of imidazole rings is 1. The topological polar surface area (TPSA) is 48.2 Å². The summed E-state index contributed by atoms with van der Waals surface area (Å²) in [4.78, 5) is 14.6. The highest BCUT2D eigenvalue weighted by Crippen LogP contribution is 2.18. The fourth-order valence-corrected chi connectivity index (χ4v) is 4.05. The smallest absolute Gasteiger partial charge is 0.193 e. The Balaban J connectivity index is 1.58. The van der Waals surface area contributed by atoms with E-state index in [2.05, 4.69) is 71.7 Å². The minimum atomic E-state index is 0.741. The maximum atomic E-state index is 4.91. The van der Waals surface area contributed by atoms with Gasteiger partial charge in [-0.15, -0.1) is 0 Å². The molecule has 2 aromatic heterocycles. The summed E-state index contributed by atoms with van der Waals surface area (Å²) < 4.78 is 2.11. The lowest BCUT2D eigenvalue weighted by molar-refractivity contribution is 0.255. The van der Waals surface area contributed by atoms with Crippen LogP contribution in [-0.4, -0.2) is 71.0 Å². The van der Waals surface area contributed by atoms with E-state index in [1.165, 1.54) is 18.5 Å². The van der Waals surface area contributed by atoms with Crippen molar-refractivity contribution < 1.29 is 0 Å². The van der Waals surface area contributed by atoms with Crippen molar-refractivity contribution in [3.63, 3.8) is 0 Å². The van der Waals surface area contributed by atoms with Crippen LogP contribution in [0.3, 0.4) is 0 Å². The predicted octanol–water partition coefficient (Wildman–Crippen LogP) is 2.81. The lowest BCUT2D eigenvalue weighted by Gasteiger charge is -2.24. The molecular formula is C22H36N6. The van der Waals surface area contributed by atoms with Crippen molar-refractivity contribution in [2.45, 2.75) is 40.5 Å². The van der Waals surface area contributed by atoms with E-state index < -0.39 is 0 Å². The molecule has 0 amide bonds. The number of nitrogens with zero attached hydrogens (tertiary/aromatic N) is 5. The number of hydrogen-bond donors (Lipinski definition) is 1. The number of aryl methyl sites for hydroxylation is 1. The van der Waals surface area contributed by atoms with Crippen LogP contribution >= 0.6 is 0 Å². The molecule has 28 heavy (non-hydrogen) atoms. The summed E-state index contributed by atoms with van der Waals surface area (Å²) in [6, 6.07) is 4.17. The lowest BCUT2D eigenvalue weighted by Crippen LogP contribution is -2.41. The van der Waals surface area contributed by atoms with Crippen LogP contribution in [0.2, 0.25) is 0 Å². The molecule has 1 saturated heterocycles. The van der Waals surface area contributed by atoms with E-state index in [9.17, 15) is 0 Å². The molecule has 0 aliphatic carbocycles. The molecule has 0 aromatic carbocycles. The number of likely N-dealkylation sites (tertiary alicyclic amines) is 1. The van der Waals surface area contributed by atoms with Gasteiger partial charge in [0.05, 0.1) is 5.69 Å². The number of aliphatic imine (C=N–C) groups is 1. The third-order valence-corrected chi connectivity index (χ3v) is 5.69. The zero-order valence-corrected chi connectivity index (χ0v) is 18.0. The first kappa shape index (κ1) is 20.6. The summed E-state index contributed by atoms with van der Waals surface area (Å²) in [6.45, 7) is 16.1. The molecule has 154 valence electrons. The van der Waals surface area contributed by atoms with Crippen molar-refractivity contribution in [2.75, 3.05) is 45.8 Å². The number of fused-ring (bicyclic) bond motifs is 1. The fraction of sp³-hybridized carbons (Fsp3) is 0.636. The number of nitrogens with one attached hydrogen (secondary N) is 1. The molecule has 3 heterocycles. The van der Waals surface area contributed by atoms with Gasteiger partial charge in [-0.3, -0.25) is 4.99 Å². The van der Waals surface area contributed by atoms with Gasteiger partial charge in [0.25, 0.3) is 0 Å². The van der Waals surface area contributed by atoms with Crippen LogP contribution in [0.25, 0.3) is 5.65 Å². The Morgan fingerprint density at radius 2 is 2.14 bits per heavy atom. The molecule has 0 radical (unpaired) electrons. The van der Waals surface area contributed by atoms with Crippen molar-refractivity contribution in [2.24, 2.45) is 10.9 Å². The van der Waals surface area contributed by atoms with E-state index in [0.717, 1.165) is 68.9 Å². The summed E-state index contributed by atoms with van der Waals surface area (Å²) in [5.74, 6) is 1.80. The third-order valence-electron chi connectivity index (χ3n) is 5.69. The van der Waals surface area contributed by atoms with Crippen LogP contribution in [0.1, 0.15) is 38.4 Å². The van der Waals surface area contributed by atoms with Crippen molar-refractivity contribution in [3.8, 4) is 0 Å².